The minimum Gasteiger partial charge on any atom is -0.283 e. The second kappa shape index (κ2) is 5.14. The average Bonchev–Trinajstić information content (AvgIpc) is 2.85. The molecule has 21 heavy (non-hydrogen) atoms. The fourth-order valence-electron chi connectivity index (χ4n) is 1.45. The van der Waals surface area contributed by atoms with Crippen LogP contribution in [0.15, 0.2) is 30.5 Å². The lowest BCUT2D eigenvalue weighted by atomic mass is 10.1. The van der Waals surface area contributed by atoms with E-state index in [1.165, 1.54) is 0 Å². The van der Waals surface area contributed by atoms with Crippen LogP contribution in [0.25, 0.3) is 10.6 Å². The van der Waals surface area contributed by atoms with Crippen LogP contribution in [-0.2, 0) is 6.18 Å². The molecular weight excluding hydrogens is 320 g/mol. The molecule has 0 aliphatic rings. The van der Waals surface area contributed by atoms with Crippen LogP contribution >= 0.6 is 11.3 Å². The number of ketones is 1. The Hall–Kier alpha value is -1.90. The molecule has 0 aliphatic heterocycles. The summed E-state index contributed by atoms with van der Waals surface area (Å²) in [5.74, 6) is -2.03. The van der Waals surface area contributed by atoms with Gasteiger partial charge in [0.05, 0.1) is 5.56 Å². The Kier molecular flexibility index (Phi) is 3.79. The van der Waals surface area contributed by atoms with Gasteiger partial charge in [-0.15, -0.1) is 11.3 Å². The van der Waals surface area contributed by atoms with Gasteiger partial charge in [-0.05, 0) is 12.1 Å². The van der Waals surface area contributed by atoms with E-state index in [-0.39, 0.29) is 10.6 Å². The highest BCUT2D eigenvalue weighted by molar-refractivity contribution is 7.17. The van der Waals surface area contributed by atoms with Gasteiger partial charge in [-0.1, -0.05) is 12.1 Å². The lowest BCUT2D eigenvalue weighted by molar-refractivity contribution is -0.137. The van der Waals surface area contributed by atoms with Crippen LogP contribution in [0, 0.1) is 0 Å². The van der Waals surface area contributed by atoms with Gasteiger partial charge in [0.2, 0.25) is 0 Å². The molecule has 0 saturated carbocycles. The van der Waals surface area contributed by atoms with Gasteiger partial charge in [-0.2, -0.15) is 26.3 Å². The monoisotopic (exact) mass is 325 g/mol. The Morgan fingerprint density at radius 3 is 2.05 bits per heavy atom. The lowest BCUT2D eigenvalue weighted by Crippen LogP contribution is -2.21. The van der Waals surface area contributed by atoms with Gasteiger partial charge in [0.1, 0.15) is 9.88 Å². The smallest absolute Gasteiger partial charge is 0.283 e. The van der Waals surface area contributed by atoms with Crippen LogP contribution in [0.4, 0.5) is 26.3 Å². The van der Waals surface area contributed by atoms with Crippen molar-refractivity contribution in [2.75, 3.05) is 0 Å². The second-order valence-electron chi connectivity index (χ2n) is 3.93. The third kappa shape index (κ3) is 3.41. The number of hydrogen-bond donors (Lipinski definition) is 0. The maximum Gasteiger partial charge on any atom is 0.455 e. The summed E-state index contributed by atoms with van der Waals surface area (Å²) in [4.78, 5) is 14.0. The van der Waals surface area contributed by atoms with Gasteiger partial charge in [0.25, 0.3) is 5.78 Å². The van der Waals surface area contributed by atoms with E-state index in [0.717, 1.165) is 30.5 Å². The zero-order valence-corrected chi connectivity index (χ0v) is 10.7. The van der Waals surface area contributed by atoms with E-state index in [4.69, 9.17) is 0 Å². The lowest BCUT2D eigenvalue weighted by Gasteiger charge is -2.06. The van der Waals surface area contributed by atoms with Crippen LogP contribution in [0.2, 0.25) is 0 Å². The van der Waals surface area contributed by atoms with Crippen LogP contribution in [0.5, 0.6) is 0 Å². The summed E-state index contributed by atoms with van der Waals surface area (Å²) >= 11 is 0.472. The Labute approximate surface area is 118 Å². The van der Waals surface area contributed by atoms with Crippen LogP contribution in [0.3, 0.4) is 0 Å². The van der Waals surface area contributed by atoms with Crippen molar-refractivity contribution >= 4 is 17.1 Å². The molecule has 1 aromatic carbocycles. The molecule has 0 unspecified atom stereocenters. The first kappa shape index (κ1) is 15.5. The maximum absolute atomic E-state index is 12.4. The molecule has 2 rings (SSSR count). The second-order valence-corrected chi connectivity index (χ2v) is 4.96. The van der Waals surface area contributed by atoms with E-state index in [2.05, 4.69) is 4.98 Å². The summed E-state index contributed by atoms with van der Waals surface area (Å²) in [6, 6.07) is 3.76. The van der Waals surface area contributed by atoms with Crippen LogP contribution < -0.4 is 0 Å². The Bertz CT molecular complexity index is 656. The molecule has 0 N–H and O–H groups in total. The normalized spacial score (nSPS) is 12.5. The van der Waals surface area contributed by atoms with Gasteiger partial charge in [0.15, 0.2) is 0 Å². The number of nitrogens with zero attached hydrogens (tertiary/aromatic N) is 1. The van der Waals surface area contributed by atoms with E-state index >= 15 is 0 Å². The van der Waals surface area contributed by atoms with Gasteiger partial charge in [-0.25, -0.2) is 4.98 Å². The summed E-state index contributed by atoms with van der Waals surface area (Å²) in [5.41, 5.74) is -0.677. The number of halogens is 6. The third-order valence-corrected chi connectivity index (χ3v) is 3.49. The van der Waals surface area contributed by atoms with E-state index in [1.807, 2.05) is 0 Å². The summed E-state index contributed by atoms with van der Waals surface area (Å²) in [6.07, 6.45) is -8.75. The molecule has 112 valence electrons. The Morgan fingerprint density at radius 1 is 1.00 bits per heavy atom. The molecule has 0 amide bonds. The van der Waals surface area contributed by atoms with Crippen molar-refractivity contribution in [3.05, 3.63) is 40.9 Å². The molecule has 0 atom stereocenters. The highest BCUT2D eigenvalue weighted by atomic mass is 32.1. The summed E-state index contributed by atoms with van der Waals surface area (Å²) in [7, 11) is 0. The molecule has 0 spiro atoms. The average molecular weight is 325 g/mol. The quantitative estimate of drug-likeness (QED) is 0.598. The molecule has 1 heterocycles. The largest absolute Gasteiger partial charge is 0.455 e. The van der Waals surface area contributed by atoms with Gasteiger partial charge in [0, 0.05) is 11.8 Å². The first-order chi connectivity index (χ1) is 9.59. The SMILES string of the molecule is O=C(c1cnc(-c2ccc(C(F)(F)F)cc2)s1)C(F)(F)F. The van der Waals surface area contributed by atoms with Crippen LogP contribution in [0.1, 0.15) is 15.2 Å². The molecule has 9 heteroatoms. The first-order valence-electron chi connectivity index (χ1n) is 5.34. The van der Waals surface area contributed by atoms with Gasteiger partial charge < -0.3 is 0 Å². The van der Waals surface area contributed by atoms with E-state index in [1.54, 1.807) is 0 Å². The predicted octanol–water partition coefficient (Wildman–Crippen LogP) is 4.57. The Morgan fingerprint density at radius 2 is 1.57 bits per heavy atom. The zero-order chi connectivity index (χ0) is 15.8. The molecular formula is C12H5F6NOS. The van der Waals surface area contributed by atoms with Crippen molar-refractivity contribution < 1.29 is 31.1 Å². The van der Waals surface area contributed by atoms with E-state index in [9.17, 15) is 31.1 Å². The number of aromatic nitrogens is 1. The standard InChI is InChI=1S/C12H5F6NOS/c13-11(14,15)7-3-1-6(2-4-7)10-19-5-8(21-10)9(20)12(16,17)18/h1-5H. The van der Waals surface area contributed by atoms with Crippen molar-refractivity contribution in [3.8, 4) is 10.6 Å². The molecule has 2 aromatic rings. The van der Waals surface area contributed by atoms with Crippen molar-refractivity contribution in [3.63, 3.8) is 0 Å². The summed E-state index contributed by atoms with van der Waals surface area (Å²) in [6.45, 7) is 0. The molecule has 0 saturated heterocycles. The number of rotatable bonds is 2. The number of carbonyl (C=O) groups excluding carboxylic acids is 1. The van der Waals surface area contributed by atoms with E-state index < -0.39 is 28.6 Å². The highest BCUT2D eigenvalue weighted by Gasteiger charge is 2.40. The van der Waals surface area contributed by atoms with E-state index in [0.29, 0.717) is 11.3 Å². The third-order valence-electron chi connectivity index (χ3n) is 2.45. The molecule has 0 aliphatic carbocycles. The zero-order valence-electron chi connectivity index (χ0n) is 9.92. The first-order valence-corrected chi connectivity index (χ1v) is 6.15. The van der Waals surface area contributed by atoms with Crippen molar-refractivity contribution in [2.24, 2.45) is 0 Å². The number of Topliss-reactive ketones (excluding diaryl/α,β-unsaturated/α-hetero) is 1. The summed E-state index contributed by atoms with van der Waals surface area (Å²) in [5, 5.41) is 0.0383. The highest BCUT2D eigenvalue weighted by Crippen LogP contribution is 2.33. The maximum atomic E-state index is 12.4. The van der Waals surface area contributed by atoms with Crippen molar-refractivity contribution in [1.82, 2.24) is 4.98 Å². The van der Waals surface area contributed by atoms with Gasteiger partial charge >= 0.3 is 12.4 Å². The fourth-order valence-corrected chi connectivity index (χ4v) is 2.34. The van der Waals surface area contributed by atoms with Crippen molar-refractivity contribution in [1.29, 1.82) is 0 Å². The molecule has 0 bridgehead atoms. The predicted molar refractivity (Wildman–Crippen MR) is 62.9 cm³/mol. The number of carbonyl (C=O) groups is 1. The molecule has 0 radical (unpaired) electrons. The minimum absolute atomic E-state index is 0.0383. The van der Waals surface area contributed by atoms with Crippen molar-refractivity contribution in [2.45, 2.75) is 12.4 Å². The number of hydrogen-bond acceptors (Lipinski definition) is 3. The summed E-state index contributed by atoms with van der Waals surface area (Å²) < 4.78 is 73.8. The molecule has 0 fully saturated rings. The minimum atomic E-state index is -5.01. The number of alkyl halides is 6. The number of benzene rings is 1. The van der Waals surface area contributed by atoms with Crippen LogP contribution in [-0.4, -0.2) is 16.9 Å². The fraction of sp³-hybridized carbons (Fsp3) is 0.167. The van der Waals surface area contributed by atoms with Gasteiger partial charge in [-0.3, -0.25) is 4.79 Å². The number of thiazole rings is 1. The molecule has 2 nitrogen and oxygen atoms in total. The Balaban J connectivity index is 2.28. The molecule has 1 aromatic heterocycles. The topological polar surface area (TPSA) is 30.0 Å².